The minimum Gasteiger partial charge on any atom is -0.457 e. The van der Waals surface area contributed by atoms with Crippen LogP contribution >= 0.6 is 0 Å². The number of carbonyl (C=O) groups is 1. The first-order valence-corrected chi connectivity index (χ1v) is 29.4. The zero-order valence-electron chi connectivity index (χ0n) is 45.3. The molecule has 0 amide bonds. The first kappa shape index (κ1) is 65.9. The predicted molar refractivity (Wildman–Crippen MR) is 293 cm³/mol. The van der Waals surface area contributed by atoms with Crippen LogP contribution in [0, 0.1) is 0 Å². The van der Waals surface area contributed by atoms with Gasteiger partial charge in [0.25, 0.3) is 0 Å². The molecule has 0 aromatic heterocycles. The van der Waals surface area contributed by atoms with E-state index in [4.69, 9.17) is 18.9 Å². The zero-order valence-corrected chi connectivity index (χ0v) is 45.3. The number of aliphatic hydroxyl groups is 4. The lowest BCUT2D eigenvalue weighted by molar-refractivity contribution is -0.305. The highest BCUT2D eigenvalue weighted by atomic mass is 16.7. The van der Waals surface area contributed by atoms with Gasteiger partial charge in [-0.05, 0) is 83.5 Å². The second-order valence-corrected chi connectivity index (χ2v) is 20.1. The summed E-state index contributed by atoms with van der Waals surface area (Å²) in [4.78, 5) is 12.9. The van der Waals surface area contributed by atoms with E-state index in [9.17, 15) is 25.2 Å². The summed E-state index contributed by atoms with van der Waals surface area (Å²) in [6, 6.07) is 0. The van der Waals surface area contributed by atoms with E-state index in [0.717, 1.165) is 64.2 Å². The lowest BCUT2D eigenvalue weighted by atomic mass is 9.99. The van der Waals surface area contributed by atoms with Gasteiger partial charge in [-0.2, -0.15) is 0 Å². The monoisotopic (exact) mass is 987 g/mol. The van der Waals surface area contributed by atoms with E-state index in [1.54, 1.807) is 0 Å². The van der Waals surface area contributed by atoms with Crippen molar-refractivity contribution in [3.05, 3.63) is 60.8 Å². The molecule has 1 saturated heterocycles. The van der Waals surface area contributed by atoms with Gasteiger partial charge in [-0.1, -0.05) is 229 Å². The van der Waals surface area contributed by atoms with Crippen molar-refractivity contribution in [2.45, 2.75) is 295 Å². The first-order chi connectivity index (χ1) is 34.4. The summed E-state index contributed by atoms with van der Waals surface area (Å²) in [6.45, 7) is 4.54. The highest BCUT2D eigenvalue weighted by molar-refractivity contribution is 5.69. The Morgan fingerprint density at radius 1 is 0.457 bits per heavy atom. The molecule has 0 saturated carbocycles. The molecule has 70 heavy (non-hydrogen) atoms. The minimum atomic E-state index is -1.54. The van der Waals surface area contributed by atoms with Gasteiger partial charge in [0.1, 0.15) is 30.5 Å². The van der Waals surface area contributed by atoms with Gasteiger partial charge in [0.2, 0.25) is 0 Å². The molecule has 4 N–H and O–H groups in total. The van der Waals surface area contributed by atoms with Gasteiger partial charge < -0.3 is 39.4 Å². The Balaban J connectivity index is 2.16. The largest absolute Gasteiger partial charge is 0.457 e. The molecule has 408 valence electrons. The number of aliphatic hydroxyl groups excluding tert-OH is 4. The van der Waals surface area contributed by atoms with Crippen LogP contribution in [-0.2, 0) is 23.7 Å². The van der Waals surface area contributed by atoms with Crippen molar-refractivity contribution in [3.8, 4) is 0 Å². The van der Waals surface area contributed by atoms with Crippen molar-refractivity contribution in [1.82, 2.24) is 0 Å². The van der Waals surface area contributed by atoms with Gasteiger partial charge in [-0.3, -0.25) is 4.79 Å². The van der Waals surface area contributed by atoms with Crippen LogP contribution in [0.5, 0.6) is 0 Å². The fourth-order valence-corrected chi connectivity index (χ4v) is 8.83. The summed E-state index contributed by atoms with van der Waals surface area (Å²) < 4.78 is 23.0. The molecular formula is C61H110O9. The average molecular weight is 988 g/mol. The van der Waals surface area contributed by atoms with Crippen LogP contribution in [0.1, 0.15) is 258 Å². The van der Waals surface area contributed by atoms with Crippen LogP contribution in [0.4, 0.5) is 0 Å². The van der Waals surface area contributed by atoms with E-state index >= 15 is 0 Å². The van der Waals surface area contributed by atoms with Crippen LogP contribution in [0.2, 0.25) is 0 Å². The van der Waals surface area contributed by atoms with E-state index in [2.05, 4.69) is 74.6 Å². The topological polar surface area (TPSA) is 135 Å². The second-order valence-electron chi connectivity index (χ2n) is 20.1. The molecule has 9 heteroatoms. The molecule has 0 aromatic carbocycles. The van der Waals surface area contributed by atoms with Crippen molar-refractivity contribution in [2.75, 3.05) is 26.4 Å². The molecule has 0 aromatic rings. The summed E-state index contributed by atoms with van der Waals surface area (Å²) in [5.74, 6) is -0.316. The molecule has 1 rings (SSSR count). The zero-order chi connectivity index (χ0) is 50.6. The summed E-state index contributed by atoms with van der Waals surface area (Å²) in [7, 11) is 0. The number of rotatable bonds is 51. The van der Waals surface area contributed by atoms with E-state index in [1.165, 1.54) is 173 Å². The lowest BCUT2D eigenvalue weighted by Crippen LogP contribution is -2.59. The maximum atomic E-state index is 12.9. The quantitative estimate of drug-likeness (QED) is 0.0267. The van der Waals surface area contributed by atoms with Crippen molar-refractivity contribution in [3.63, 3.8) is 0 Å². The van der Waals surface area contributed by atoms with Gasteiger partial charge in [-0.15, -0.1) is 0 Å². The maximum absolute atomic E-state index is 12.9. The molecule has 0 radical (unpaired) electrons. The first-order valence-electron chi connectivity index (χ1n) is 29.4. The standard InChI is InChI=1S/C61H110O9/c1-3-5-7-9-11-13-15-17-19-21-23-25-27-28-29-30-32-34-36-38-40-42-44-46-48-50-57(63)69-55(54-68-61-60(66)59(65)58(64)56(52-62)70-61)53-67-51-49-47-45-43-41-39-37-35-33-31-26-24-22-20-18-16-14-12-10-8-6-4-2/h15-18,21-24,31,33,55-56,58-62,64-66H,3-14,19-20,25-30,32,34-54H2,1-2H3/b17-15-,18-16-,23-21-,24-22-,33-31-. The number of allylic oxidation sites excluding steroid dienone is 10. The Hall–Kier alpha value is -2.11. The van der Waals surface area contributed by atoms with Crippen molar-refractivity contribution in [2.24, 2.45) is 0 Å². The molecule has 1 aliphatic rings. The highest BCUT2D eigenvalue weighted by Crippen LogP contribution is 2.23. The maximum Gasteiger partial charge on any atom is 0.306 e. The number of unbranched alkanes of at least 4 members (excludes halogenated alkanes) is 30. The number of carbonyl (C=O) groups excluding carboxylic acids is 1. The summed E-state index contributed by atoms with van der Waals surface area (Å²) in [5, 5.41) is 40.4. The van der Waals surface area contributed by atoms with E-state index in [-0.39, 0.29) is 19.2 Å². The Bertz CT molecular complexity index is 1260. The van der Waals surface area contributed by atoms with E-state index in [0.29, 0.717) is 13.0 Å². The third-order valence-electron chi connectivity index (χ3n) is 13.4. The summed E-state index contributed by atoms with van der Waals surface area (Å²) >= 11 is 0. The molecule has 6 unspecified atom stereocenters. The predicted octanol–water partition coefficient (Wildman–Crippen LogP) is 15.4. The van der Waals surface area contributed by atoms with Gasteiger partial charge in [0.15, 0.2) is 6.29 Å². The second kappa shape index (κ2) is 51.8. The molecule has 0 bridgehead atoms. The third kappa shape index (κ3) is 41.4. The fraction of sp³-hybridized carbons (Fsp3) is 0.820. The van der Waals surface area contributed by atoms with Gasteiger partial charge in [0.05, 0.1) is 19.8 Å². The van der Waals surface area contributed by atoms with Crippen LogP contribution in [0.15, 0.2) is 60.8 Å². The molecule has 0 spiro atoms. The number of ether oxygens (including phenoxy) is 4. The minimum absolute atomic E-state index is 0.119. The van der Waals surface area contributed by atoms with Crippen LogP contribution in [0.3, 0.4) is 0 Å². The van der Waals surface area contributed by atoms with Gasteiger partial charge >= 0.3 is 5.97 Å². The van der Waals surface area contributed by atoms with Gasteiger partial charge in [-0.25, -0.2) is 0 Å². The highest BCUT2D eigenvalue weighted by Gasteiger charge is 2.44. The Morgan fingerprint density at radius 3 is 1.24 bits per heavy atom. The van der Waals surface area contributed by atoms with Crippen molar-refractivity contribution >= 4 is 5.97 Å². The third-order valence-corrected chi connectivity index (χ3v) is 13.4. The van der Waals surface area contributed by atoms with E-state index < -0.39 is 43.4 Å². The molecule has 1 fully saturated rings. The number of hydrogen-bond acceptors (Lipinski definition) is 9. The van der Waals surface area contributed by atoms with Crippen molar-refractivity contribution in [1.29, 1.82) is 0 Å². The normalized spacial score (nSPS) is 19.3. The molecule has 9 nitrogen and oxygen atoms in total. The van der Waals surface area contributed by atoms with Crippen LogP contribution < -0.4 is 0 Å². The smallest absolute Gasteiger partial charge is 0.306 e. The Morgan fingerprint density at radius 2 is 0.829 bits per heavy atom. The Labute approximate surface area is 430 Å². The number of hydrogen-bond donors (Lipinski definition) is 4. The van der Waals surface area contributed by atoms with E-state index in [1.807, 2.05) is 0 Å². The number of esters is 1. The summed E-state index contributed by atoms with van der Waals surface area (Å²) in [5.41, 5.74) is 0. The molecule has 1 aliphatic heterocycles. The van der Waals surface area contributed by atoms with Crippen molar-refractivity contribution < 1.29 is 44.2 Å². The summed E-state index contributed by atoms with van der Waals surface area (Å²) in [6.07, 6.45) is 61.2. The van der Waals surface area contributed by atoms with Crippen LogP contribution in [-0.4, -0.2) is 89.6 Å². The Kier molecular flexibility index (Phi) is 48.7. The molecule has 0 aliphatic carbocycles. The SMILES string of the molecule is CCCCCCC/C=C\C/C=C\C/C=C\CCCCCCCCCOCC(COC1OC(CO)C(O)C(O)C1O)OC(=O)CCCCCCCCCCCCCCC/C=C\C/C=C\CCCCCCC. The molecule has 1 heterocycles. The molecule has 6 atom stereocenters. The van der Waals surface area contributed by atoms with Crippen LogP contribution in [0.25, 0.3) is 0 Å². The fourth-order valence-electron chi connectivity index (χ4n) is 8.83. The molecular weight excluding hydrogens is 877 g/mol. The average Bonchev–Trinajstić information content (AvgIpc) is 3.36. The lowest BCUT2D eigenvalue weighted by Gasteiger charge is -2.39. The van der Waals surface area contributed by atoms with Gasteiger partial charge in [0, 0.05) is 13.0 Å².